The molecule has 6 nitrogen and oxygen atoms in total. The largest absolute Gasteiger partial charge is 0.468 e. The molecule has 0 bridgehead atoms. The fourth-order valence-electron chi connectivity index (χ4n) is 3.33. The monoisotopic (exact) mass is 422 g/mol. The Hall–Kier alpha value is -3.16. The number of pyridine rings is 1. The van der Waals surface area contributed by atoms with Crippen LogP contribution in [0.3, 0.4) is 0 Å². The van der Waals surface area contributed by atoms with E-state index in [1.54, 1.807) is 42.5 Å². The molecular weight excluding hydrogens is 400 g/mol. The van der Waals surface area contributed by atoms with E-state index in [-0.39, 0.29) is 23.5 Å². The molecule has 0 unspecified atom stereocenters. The average Bonchev–Trinajstić information content (AvgIpc) is 3.21. The molecule has 0 aliphatic heterocycles. The maximum atomic E-state index is 13.4. The minimum Gasteiger partial charge on any atom is -0.468 e. The van der Waals surface area contributed by atoms with Gasteiger partial charge in [-0.25, -0.2) is 8.42 Å². The van der Waals surface area contributed by atoms with Gasteiger partial charge in [-0.3, -0.25) is 4.79 Å². The quantitative estimate of drug-likeness (QED) is 0.506. The van der Waals surface area contributed by atoms with Crippen LogP contribution in [0.25, 0.3) is 10.9 Å². The number of H-pyrrole nitrogens is 1. The number of sulfonamides is 1. The molecule has 0 fully saturated rings. The van der Waals surface area contributed by atoms with Gasteiger partial charge in [0.15, 0.2) is 0 Å². The first-order valence-electron chi connectivity index (χ1n) is 9.55. The molecule has 4 aromatic rings. The summed E-state index contributed by atoms with van der Waals surface area (Å²) in [4.78, 5) is 15.7. The summed E-state index contributed by atoms with van der Waals surface area (Å²) in [6.45, 7) is 3.79. The second-order valence-corrected chi connectivity index (χ2v) is 9.32. The van der Waals surface area contributed by atoms with Crippen molar-refractivity contribution in [3.05, 3.63) is 99.7 Å². The number of rotatable bonds is 6. The average molecular weight is 423 g/mol. The van der Waals surface area contributed by atoms with E-state index in [2.05, 4.69) is 4.98 Å². The predicted molar refractivity (Wildman–Crippen MR) is 116 cm³/mol. The highest BCUT2D eigenvalue weighted by molar-refractivity contribution is 7.89. The first-order valence-corrected chi connectivity index (χ1v) is 11.0. The SMILES string of the molecule is Cc1ccc(S(=O)(=O)N(Cc2ccco2)Cc2cc3ccc(C)cc3[nH]c2=O)cc1. The number of hydrogen-bond acceptors (Lipinski definition) is 4. The summed E-state index contributed by atoms with van der Waals surface area (Å²) < 4.78 is 33.4. The van der Waals surface area contributed by atoms with Gasteiger partial charge in [-0.15, -0.1) is 0 Å². The lowest BCUT2D eigenvalue weighted by atomic mass is 10.1. The Labute approximate surface area is 174 Å². The van der Waals surface area contributed by atoms with Crippen LogP contribution in [0, 0.1) is 13.8 Å². The number of fused-ring (bicyclic) bond motifs is 1. The molecule has 0 aliphatic carbocycles. The number of hydrogen-bond donors (Lipinski definition) is 1. The van der Waals surface area contributed by atoms with Gasteiger partial charge in [0.2, 0.25) is 10.0 Å². The third kappa shape index (κ3) is 4.08. The van der Waals surface area contributed by atoms with Crippen molar-refractivity contribution in [2.24, 2.45) is 0 Å². The standard InChI is InChI=1S/C23H22N2O4S/c1-16-6-9-21(10-7-16)30(27,28)25(15-20-4-3-11-29-20)14-19-13-18-8-5-17(2)12-22(18)24-23(19)26/h3-13H,14-15H2,1-2H3,(H,24,26). The van der Waals surface area contributed by atoms with Crippen LogP contribution >= 0.6 is 0 Å². The summed E-state index contributed by atoms with van der Waals surface area (Å²) in [7, 11) is -3.85. The van der Waals surface area contributed by atoms with Crippen LogP contribution < -0.4 is 5.56 Å². The zero-order valence-corrected chi connectivity index (χ0v) is 17.6. The van der Waals surface area contributed by atoms with E-state index in [1.807, 2.05) is 32.0 Å². The van der Waals surface area contributed by atoms with E-state index in [1.165, 1.54) is 10.6 Å². The van der Waals surface area contributed by atoms with Gasteiger partial charge in [-0.1, -0.05) is 29.8 Å². The number of nitrogens with one attached hydrogen (secondary N) is 1. The van der Waals surface area contributed by atoms with Crippen LogP contribution in [0.15, 0.2) is 81.0 Å². The summed E-state index contributed by atoms with van der Waals surface area (Å²) >= 11 is 0. The van der Waals surface area contributed by atoms with Crippen LogP contribution in [-0.4, -0.2) is 17.7 Å². The van der Waals surface area contributed by atoms with Crippen molar-refractivity contribution in [3.63, 3.8) is 0 Å². The first kappa shape index (κ1) is 20.1. The molecule has 0 radical (unpaired) electrons. The second-order valence-electron chi connectivity index (χ2n) is 7.38. The maximum Gasteiger partial charge on any atom is 0.252 e. The summed E-state index contributed by atoms with van der Waals surface area (Å²) in [6.07, 6.45) is 1.50. The normalized spacial score (nSPS) is 12.0. The van der Waals surface area contributed by atoms with Crippen molar-refractivity contribution in [1.82, 2.24) is 9.29 Å². The van der Waals surface area contributed by atoms with Crippen molar-refractivity contribution in [2.45, 2.75) is 31.8 Å². The van der Waals surface area contributed by atoms with Crippen molar-refractivity contribution >= 4 is 20.9 Å². The topological polar surface area (TPSA) is 83.4 Å². The lowest BCUT2D eigenvalue weighted by Crippen LogP contribution is -2.32. The van der Waals surface area contributed by atoms with Crippen molar-refractivity contribution in [2.75, 3.05) is 0 Å². The van der Waals surface area contributed by atoms with E-state index >= 15 is 0 Å². The number of benzene rings is 2. The van der Waals surface area contributed by atoms with Crippen LogP contribution in [0.2, 0.25) is 0 Å². The summed E-state index contributed by atoms with van der Waals surface area (Å²) in [5, 5.41) is 0.848. The Morgan fingerprint density at radius 3 is 2.37 bits per heavy atom. The molecule has 0 spiro atoms. The minimum atomic E-state index is -3.85. The third-order valence-electron chi connectivity index (χ3n) is 5.00. The molecular formula is C23H22N2O4S. The van der Waals surface area contributed by atoms with Gasteiger partial charge in [-0.2, -0.15) is 4.31 Å². The molecule has 154 valence electrons. The highest BCUT2D eigenvalue weighted by Crippen LogP contribution is 2.22. The Kier molecular flexibility index (Phi) is 5.32. The van der Waals surface area contributed by atoms with E-state index in [0.717, 1.165) is 22.0 Å². The zero-order chi connectivity index (χ0) is 21.3. The molecule has 2 aromatic carbocycles. The lowest BCUT2D eigenvalue weighted by molar-refractivity contribution is 0.357. The van der Waals surface area contributed by atoms with Gasteiger partial charge >= 0.3 is 0 Å². The predicted octanol–water partition coefficient (Wildman–Crippen LogP) is 4.13. The van der Waals surface area contributed by atoms with Gasteiger partial charge in [0.1, 0.15) is 5.76 Å². The number of aromatic amines is 1. The number of nitrogens with zero attached hydrogens (tertiary/aromatic N) is 1. The highest BCUT2D eigenvalue weighted by atomic mass is 32.2. The van der Waals surface area contributed by atoms with E-state index in [0.29, 0.717) is 11.3 Å². The fraction of sp³-hybridized carbons (Fsp3) is 0.174. The van der Waals surface area contributed by atoms with E-state index < -0.39 is 10.0 Å². The Morgan fingerprint density at radius 1 is 0.933 bits per heavy atom. The minimum absolute atomic E-state index is 0.0224. The Morgan fingerprint density at radius 2 is 1.67 bits per heavy atom. The van der Waals surface area contributed by atoms with Crippen molar-refractivity contribution in [3.8, 4) is 0 Å². The molecule has 2 aromatic heterocycles. The number of aromatic nitrogens is 1. The van der Waals surface area contributed by atoms with Gasteiger partial charge in [0.25, 0.3) is 5.56 Å². The molecule has 2 heterocycles. The van der Waals surface area contributed by atoms with E-state index in [4.69, 9.17) is 4.42 Å². The van der Waals surface area contributed by atoms with Gasteiger partial charge < -0.3 is 9.40 Å². The molecule has 1 N–H and O–H groups in total. The molecule has 0 saturated heterocycles. The molecule has 0 aliphatic rings. The van der Waals surface area contributed by atoms with Gasteiger partial charge in [0.05, 0.1) is 17.7 Å². The van der Waals surface area contributed by atoms with Crippen molar-refractivity contribution in [1.29, 1.82) is 0 Å². The smallest absolute Gasteiger partial charge is 0.252 e. The zero-order valence-electron chi connectivity index (χ0n) is 16.8. The lowest BCUT2D eigenvalue weighted by Gasteiger charge is -2.21. The number of aryl methyl sites for hydroxylation is 2. The van der Waals surface area contributed by atoms with Crippen LogP contribution in [-0.2, 0) is 23.1 Å². The fourth-order valence-corrected chi connectivity index (χ4v) is 4.71. The summed E-state index contributed by atoms with van der Waals surface area (Å²) in [5.74, 6) is 0.499. The molecule has 0 saturated carbocycles. The second kappa shape index (κ2) is 7.93. The van der Waals surface area contributed by atoms with Crippen LogP contribution in [0.5, 0.6) is 0 Å². The molecule has 7 heteroatoms. The first-order chi connectivity index (χ1) is 14.3. The van der Waals surface area contributed by atoms with Crippen molar-refractivity contribution < 1.29 is 12.8 Å². The van der Waals surface area contributed by atoms with E-state index in [9.17, 15) is 13.2 Å². The summed E-state index contributed by atoms with van der Waals surface area (Å²) in [5.41, 5.74) is 2.79. The number of furan rings is 1. The highest BCUT2D eigenvalue weighted by Gasteiger charge is 2.26. The third-order valence-corrected chi connectivity index (χ3v) is 6.80. The van der Waals surface area contributed by atoms with Gasteiger partial charge in [0, 0.05) is 17.6 Å². The molecule has 0 atom stereocenters. The Balaban J connectivity index is 1.76. The Bertz CT molecular complexity index is 1340. The van der Waals surface area contributed by atoms with Crippen LogP contribution in [0.1, 0.15) is 22.5 Å². The molecule has 30 heavy (non-hydrogen) atoms. The summed E-state index contributed by atoms with van der Waals surface area (Å²) in [6, 6.07) is 17.6. The maximum absolute atomic E-state index is 13.4. The van der Waals surface area contributed by atoms with Crippen LogP contribution in [0.4, 0.5) is 0 Å². The van der Waals surface area contributed by atoms with Gasteiger partial charge in [-0.05, 0) is 61.2 Å². The molecule has 0 amide bonds. The molecule has 4 rings (SSSR count).